The second-order valence-electron chi connectivity index (χ2n) is 6.68. The zero-order chi connectivity index (χ0) is 14.3. The van der Waals surface area contributed by atoms with Crippen molar-refractivity contribution in [2.75, 3.05) is 13.2 Å². The van der Waals surface area contributed by atoms with E-state index in [1.165, 1.54) is 32.1 Å². The molecule has 0 heterocycles. The minimum atomic E-state index is -0.328. The summed E-state index contributed by atoms with van der Waals surface area (Å²) < 4.78 is 6.17. The summed E-state index contributed by atoms with van der Waals surface area (Å²) in [6, 6.07) is 2.53. The molecular formula is C17H30N2O. The molecule has 0 aromatic heterocycles. The molecule has 2 rings (SSSR count). The molecule has 0 radical (unpaired) electrons. The van der Waals surface area contributed by atoms with Gasteiger partial charge in [-0.05, 0) is 51.0 Å². The van der Waals surface area contributed by atoms with E-state index >= 15 is 0 Å². The van der Waals surface area contributed by atoms with Crippen molar-refractivity contribution in [3.63, 3.8) is 0 Å². The zero-order valence-corrected chi connectivity index (χ0v) is 13.0. The molecule has 2 fully saturated rings. The smallest absolute Gasteiger partial charge is 0.109 e. The molecule has 3 nitrogen and oxygen atoms in total. The standard InChI is InChI=1S/C17H30N2O/c1-2-11-19-17(14-18)10-6-9-16(12-17)20-13-15-7-4-3-5-8-15/h15-16,19H,2-13H2,1H3. The molecule has 2 aliphatic rings. The Morgan fingerprint density at radius 1 is 1.20 bits per heavy atom. The maximum atomic E-state index is 9.53. The molecule has 20 heavy (non-hydrogen) atoms. The van der Waals surface area contributed by atoms with Crippen molar-refractivity contribution >= 4 is 0 Å². The first-order valence-corrected chi connectivity index (χ1v) is 8.56. The normalized spacial score (nSPS) is 31.9. The van der Waals surface area contributed by atoms with Crippen LogP contribution in [0.15, 0.2) is 0 Å². The molecule has 0 spiro atoms. The van der Waals surface area contributed by atoms with Gasteiger partial charge in [0.2, 0.25) is 0 Å². The highest BCUT2D eigenvalue weighted by Crippen LogP contribution is 2.31. The molecule has 0 saturated heterocycles. The van der Waals surface area contributed by atoms with E-state index in [2.05, 4.69) is 18.3 Å². The number of nitrogens with one attached hydrogen (secondary N) is 1. The van der Waals surface area contributed by atoms with Crippen molar-refractivity contribution < 1.29 is 4.74 Å². The summed E-state index contributed by atoms with van der Waals surface area (Å²) in [4.78, 5) is 0. The Kier molecular flexibility index (Phi) is 6.32. The Labute approximate surface area is 124 Å². The van der Waals surface area contributed by atoms with Crippen LogP contribution in [-0.2, 0) is 4.74 Å². The maximum Gasteiger partial charge on any atom is 0.109 e. The highest BCUT2D eigenvalue weighted by Gasteiger charge is 2.36. The third-order valence-corrected chi connectivity index (χ3v) is 4.93. The lowest BCUT2D eigenvalue weighted by Gasteiger charge is -2.37. The fraction of sp³-hybridized carbons (Fsp3) is 0.941. The molecule has 0 aromatic rings. The van der Waals surface area contributed by atoms with Gasteiger partial charge >= 0.3 is 0 Å². The van der Waals surface area contributed by atoms with Crippen LogP contribution < -0.4 is 5.32 Å². The Hall–Kier alpha value is -0.590. The van der Waals surface area contributed by atoms with Crippen LogP contribution >= 0.6 is 0 Å². The molecule has 114 valence electrons. The van der Waals surface area contributed by atoms with E-state index in [1.54, 1.807) is 0 Å². The molecule has 2 aliphatic carbocycles. The van der Waals surface area contributed by atoms with Crippen LogP contribution in [0.4, 0.5) is 0 Å². The van der Waals surface area contributed by atoms with Gasteiger partial charge < -0.3 is 4.74 Å². The van der Waals surface area contributed by atoms with Crippen molar-refractivity contribution in [3.05, 3.63) is 0 Å². The van der Waals surface area contributed by atoms with Crippen molar-refractivity contribution in [3.8, 4) is 6.07 Å². The summed E-state index contributed by atoms with van der Waals surface area (Å²) in [7, 11) is 0. The first-order valence-electron chi connectivity index (χ1n) is 8.56. The van der Waals surface area contributed by atoms with Gasteiger partial charge in [0, 0.05) is 13.0 Å². The first kappa shape index (κ1) is 15.8. The van der Waals surface area contributed by atoms with Gasteiger partial charge in [0.05, 0.1) is 12.2 Å². The molecule has 1 N–H and O–H groups in total. The molecule has 2 saturated carbocycles. The molecule has 3 heteroatoms. The number of rotatable bonds is 6. The van der Waals surface area contributed by atoms with Gasteiger partial charge in [-0.3, -0.25) is 5.32 Å². The van der Waals surface area contributed by atoms with Gasteiger partial charge in [-0.1, -0.05) is 26.2 Å². The minimum absolute atomic E-state index is 0.287. The molecule has 0 aliphatic heterocycles. The van der Waals surface area contributed by atoms with Gasteiger partial charge in [0.1, 0.15) is 5.54 Å². The Bertz CT molecular complexity index is 319. The van der Waals surface area contributed by atoms with Crippen LogP contribution in [0, 0.1) is 17.2 Å². The second-order valence-corrected chi connectivity index (χ2v) is 6.68. The van der Waals surface area contributed by atoms with E-state index in [9.17, 15) is 5.26 Å². The Morgan fingerprint density at radius 2 is 2.00 bits per heavy atom. The minimum Gasteiger partial charge on any atom is -0.378 e. The van der Waals surface area contributed by atoms with Crippen molar-refractivity contribution in [1.29, 1.82) is 5.26 Å². The molecule has 2 atom stereocenters. The lowest BCUT2D eigenvalue weighted by atomic mass is 9.81. The van der Waals surface area contributed by atoms with Crippen LogP contribution in [0.5, 0.6) is 0 Å². The maximum absolute atomic E-state index is 9.53. The van der Waals surface area contributed by atoms with Gasteiger partial charge in [-0.25, -0.2) is 0 Å². The fourth-order valence-corrected chi connectivity index (χ4v) is 3.66. The van der Waals surface area contributed by atoms with Crippen molar-refractivity contribution in [1.82, 2.24) is 5.32 Å². The average molecular weight is 278 g/mol. The van der Waals surface area contributed by atoms with Crippen LogP contribution in [0.2, 0.25) is 0 Å². The Balaban J connectivity index is 1.78. The lowest BCUT2D eigenvalue weighted by Crippen LogP contribution is -2.49. The van der Waals surface area contributed by atoms with Gasteiger partial charge in [0.15, 0.2) is 0 Å². The van der Waals surface area contributed by atoms with Crippen molar-refractivity contribution in [2.45, 2.75) is 82.8 Å². The molecule has 0 aromatic carbocycles. The van der Waals surface area contributed by atoms with Crippen LogP contribution in [-0.4, -0.2) is 24.8 Å². The summed E-state index contributed by atoms with van der Waals surface area (Å²) in [6.07, 6.45) is 12.3. The summed E-state index contributed by atoms with van der Waals surface area (Å²) in [5.74, 6) is 0.769. The van der Waals surface area contributed by atoms with E-state index in [0.717, 1.165) is 51.2 Å². The quantitative estimate of drug-likeness (QED) is 0.804. The second kappa shape index (κ2) is 8.00. The van der Waals surface area contributed by atoms with E-state index in [0.29, 0.717) is 0 Å². The SMILES string of the molecule is CCCNC1(C#N)CCCC(OCC2CCCCC2)C1. The van der Waals surface area contributed by atoms with Crippen molar-refractivity contribution in [2.24, 2.45) is 5.92 Å². The lowest BCUT2D eigenvalue weighted by molar-refractivity contribution is -0.0139. The highest BCUT2D eigenvalue weighted by molar-refractivity contribution is 5.10. The molecule has 0 amide bonds. The van der Waals surface area contributed by atoms with E-state index in [-0.39, 0.29) is 11.6 Å². The predicted octanol–water partition coefficient (Wildman–Crippen LogP) is 3.79. The number of nitriles is 1. The van der Waals surface area contributed by atoms with Gasteiger partial charge in [0.25, 0.3) is 0 Å². The number of hydrogen-bond acceptors (Lipinski definition) is 3. The topological polar surface area (TPSA) is 45.0 Å². The third kappa shape index (κ3) is 4.46. The van der Waals surface area contributed by atoms with Crippen LogP contribution in [0.1, 0.15) is 71.1 Å². The van der Waals surface area contributed by atoms with E-state index < -0.39 is 0 Å². The molecule has 2 unspecified atom stereocenters. The molecular weight excluding hydrogens is 248 g/mol. The summed E-state index contributed by atoms with van der Waals surface area (Å²) in [6.45, 7) is 4.00. The summed E-state index contributed by atoms with van der Waals surface area (Å²) in [5.41, 5.74) is -0.328. The average Bonchev–Trinajstić information content (AvgIpc) is 2.52. The Morgan fingerprint density at radius 3 is 2.70 bits per heavy atom. The highest BCUT2D eigenvalue weighted by atomic mass is 16.5. The van der Waals surface area contributed by atoms with Crippen LogP contribution in [0.3, 0.4) is 0 Å². The molecule has 0 bridgehead atoms. The van der Waals surface area contributed by atoms with Gasteiger partial charge in [-0.2, -0.15) is 5.26 Å². The largest absolute Gasteiger partial charge is 0.378 e. The predicted molar refractivity (Wildman–Crippen MR) is 81.4 cm³/mol. The monoisotopic (exact) mass is 278 g/mol. The summed E-state index contributed by atoms with van der Waals surface area (Å²) >= 11 is 0. The third-order valence-electron chi connectivity index (χ3n) is 4.93. The number of hydrogen-bond donors (Lipinski definition) is 1. The first-order chi connectivity index (χ1) is 9.78. The van der Waals surface area contributed by atoms with Crippen LogP contribution in [0.25, 0.3) is 0 Å². The number of nitrogens with zero attached hydrogens (tertiary/aromatic N) is 1. The summed E-state index contributed by atoms with van der Waals surface area (Å²) in [5, 5.41) is 13.0. The zero-order valence-electron chi connectivity index (χ0n) is 13.0. The van der Waals surface area contributed by atoms with Gasteiger partial charge in [-0.15, -0.1) is 0 Å². The van der Waals surface area contributed by atoms with E-state index in [4.69, 9.17) is 4.74 Å². The van der Waals surface area contributed by atoms with E-state index in [1.807, 2.05) is 0 Å². The number of ether oxygens (including phenoxy) is 1. The fourth-order valence-electron chi connectivity index (χ4n) is 3.66.